The molecular weight excluding hydrogens is 306 g/mol. The number of rotatable bonds is 4. The van der Waals surface area contributed by atoms with Crippen LogP contribution in [0.1, 0.15) is 30.7 Å². The number of fused-ring (bicyclic) bond motifs is 1. The molecule has 0 amide bonds. The molecule has 1 aliphatic rings. The van der Waals surface area contributed by atoms with E-state index in [9.17, 15) is 0 Å². The minimum absolute atomic E-state index is 0.884. The highest BCUT2D eigenvalue weighted by molar-refractivity contribution is 7.19. The normalized spacial score (nSPS) is 16.2. The van der Waals surface area contributed by atoms with Crippen LogP contribution in [0, 0.1) is 6.92 Å². The SMILES string of the molecule is Cc1ccc(-c2nn3c(CCN4CCCCC4)nnc3s2)cc1. The van der Waals surface area contributed by atoms with Gasteiger partial charge in [-0.15, -0.1) is 10.2 Å². The molecule has 1 fully saturated rings. The molecule has 0 N–H and O–H groups in total. The third kappa shape index (κ3) is 3.14. The fourth-order valence-corrected chi connectivity index (χ4v) is 3.93. The van der Waals surface area contributed by atoms with E-state index >= 15 is 0 Å². The highest BCUT2D eigenvalue weighted by Gasteiger charge is 2.15. The molecule has 3 aromatic rings. The van der Waals surface area contributed by atoms with E-state index in [1.165, 1.54) is 37.9 Å². The maximum absolute atomic E-state index is 4.73. The van der Waals surface area contributed by atoms with E-state index in [2.05, 4.69) is 46.3 Å². The van der Waals surface area contributed by atoms with Crippen LogP contribution in [0.5, 0.6) is 0 Å². The highest BCUT2D eigenvalue weighted by Crippen LogP contribution is 2.25. The summed E-state index contributed by atoms with van der Waals surface area (Å²) in [6.07, 6.45) is 4.93. The zero-order valence-electron chi connectivity index (χ0n) is 13.4. The van der Waals surface area contributed by atoms with Crippen molar-refractivity contribution in [3.05, 3.63) is 35.7 Å². The lowest BCUT2D eigenvalue weighted by molar-refractivity contribution is 0.230. The molecule has 6 heteroatoms. The van der Waals surface area contributed by atoms with Crippen LogP contribution in [-0.4, -0.2) is 44.3 Å². The minimum atomic E-state index is 0.884. The smallest absolute Gasteiger partial charge is 0.234 e. The molecular formula is C17H21N5S. The van der Waals surface area contributed by atoms with Crippen molar-refractivity contribution in [1.82, 2.24) is 24.7 Å². The number of hydrogen-bond donors (Lipinski definition) is 0. The molecule has 1 aliphatic heterocycles. The van der Waals surface area contributed by atoms with Crippen molar-refractivity contribution in [2.45, 2.75) is 32.6 Å². The average Bonchev–Trinajstić information content (AvgIpc) is 3.15. The van der Waals surface area contributed by atoms with Crippen LogP contribution in [0.4, 0.5) is 0 Å². The van der Waals surface area contributed by atoms with Gasteiger partial charge in [0.1, 0.15) is 5.01 Å². The summed E-state index contributed by atoms with van der Waals surface area (Å²) in [6.45, 7) is 5.58. The van der Waals surface area contributed by atoms with Gasteiger partial charge in [0.2, 0.25) is 4.96 Å². The highest BCUT2D eigenvalue weighted by atomic mass is 32.1. The molecule has 1 aromatic carbocycles. The van der Waals surface area contributed by atoms with Gasteiger partial charge in [-0.25, -0.2) is 0 Å². The molecule has 23 heavy (non-hydrogen) atoms. The van der Waals surface area contributed by atoms with Gasteiger partial charge < -0.3 is 4.90 Å². The van der Waals surface area contributed by atoms with Crippen LogP contribution in [0.2, 0.25) is 0 Å². The average molecular weight is 327 g/mol. The van der Waals surface area contributed by atoms with Gasteiger partial charge >= 0.3 is 0 Å². The Labute approximate surface area is 140 Å². The van der Waals surface area contributed by atoms with Crippen molar-refractivity contribution in [3.8, 4) is 10.6 Å². The van der Waals surface area contributed by atoms with Crippen molar-refractivity contribution in [1.29, 1.82) is 0 Å². The molecule has 0 saturated carbocycles. The fraction of sp³-hybridized carbons (Fsp3) is 0.471. The van der Waals surface area contributed by atoms with Crippen LogP contribution in [0.15, 0.2) is 24.3 Å². The summed E-state index contributed by atoms with van der Waals surface area (Å²) in [7, 11) is 0. The van der Waals surface area contributed by atoms with Crippen molar-refractivity contribution in [2.75, 3.05) is 19.6 Å². The molecule has 2 aromatic heterocycles. The van der Waals surface area contributed by atoms with Crippen LogP contribution < -0.4 is 0 Å². The predicted molar refractivity (Wildman–Crippen MR) is 92.8 cm³/mol. The fourth-order valence-electron chi connectivity index (χ4n) is 3.07. The van der Waals surface area contributed by atoms with E-state index in [-0.39, 0.29) is 0 Å². The van der Waals surface area contributed by atoms with Gasteiger partial charge in [0.05, 0.1) is 0 Å². The van der Waals surface area contributed by atoms with Gasteiger partial charge in [0, 0.05) is 18.5 Å². The monoisotopic (exact) mass is 327 g/mol. The Morgan fingerprint density at radius 2 is 1.83 bits per heavy atom. The van der Waals surface area contributed by atoms with Crippen LogP contribution in [0.3, 0.4) is 0 Å². The first kappa shape index (κ1) is 14.8. The summed E-state index contributed by atoms with van der Waals surface area (Å²) >= 11 is 1.60. The van der Waals surface area contributed by atoms with Crippen molar-refractivity contribution in [3.63, 3.8) is 0 Å². The Balaban J connectivity index is 1.53. The molecule has 0 spiro atoms. The Kier molecular flexibility index (Phi) is 4.10. The number of hydrogen-bond acceptors (Lipinski definition) is 5. The molecule has 0 radical (unpaired) electrons. The molecule has 5 nitrogen and oxygen atoms in total. The number of benzene rings is 1. The second-order valence-electron chi connectivity index (χ2n) is 6.24. The largest absolute Gasteiger partial charge is 0.303 e. The van der Waals surface area contributed by atoms with Crippen molar-refractivity contribution >= 4 is 16.3 Å². The van der Waals surface area contributed by atoms with Gasteiger partial charge in [-0.1, -0.05) is 47.6 Å². The number of likely N-dealkylation sites (tertiary alicyclic amines) is 1. The number of aromatic nitrogens is 4. The first-order valence-electron chi connectivity index (χ1n) is 8.30. The molecule has 0 unspecified atom stereocenters. The predicted octanol–water partition coefficient (Wildman–Crippen LogP) is 3.19. The lowest BCUT2D eigenvalue weighted by atomic mass is 10.1. The van der Waals surface area contributed by atoms with Gasteiger partial charge in [0.25, 0.3) is 0 Å². The van der Waals surface area contributed by atoms with E-state index in [1.807, 2.05) is 4.52 Å². The van der Waals surface area contributed by atoms with Crippen molar-refractivity contribution in [2.24, 2.45) is 0 Å². The maximum Gasteiger partial charge on any atom is 0.234 e. The Morgan fingerprint density at radius 3 is 2.61 bits per heavy atom. The van der Waals surface area contributed by atoms with E-state index in [0.717, 1.165) is 34.3 Å². The molecule has 1 saturated heterocycles. The summed E-state index contributed by atoms with van der Waals surface area (Å²) in [5.41, 5.74) is 2.41. The lowest BCUT2D eigenvalue weighted by Gasteiger charge is -2.25. The number of piperidine rings is 1. The molecule has 120 valence electrons. The quantitative estimate of drug-likeness (QED) is 0.738. The standard InChI is InChI=1S/C17H21N5S/c1-13-5-7-14(8-6-13)16-20-22-15(18-19-17(22)23-16)9-12-21-10-3-2-4-11-21/h5-8H,2-4,9-12H2,1H3. The second kappa shape index (κ2) is 6.37. The summed E-state index contributed by atoms with van der Waals surface area (Å²) in [5, 5.41) is 14.4. The van der Waals surface area contributed by atoms with E-state index in [0.29, 0.717) is 0 Å². The molecule has 0 atom stereocenters. The summed E-state index contributed by atoms with van der Waals surface area (Å²) in [6, 6.07) is 8.48. The Hall–Kier alpha value is -1.79. The zero-order valence-corrected chi connectivity index (χ0v) is 14.2. The van der Waals surface area contributed by atoms with Gasteiger partial charge in [-0.3, -0.25) is 0 Å². The Morgan fingerprint density at radius 1 is 1.04 bits per heavy atom. The molecule has 0 bridgehead atoms. The van der Waals surface area contributed by atoms with E-state index in [4.69, 9.17) is 5.10 Å². The summed E-state index contributed by atoms with van der Waals surface area (Å²) < 4.78 is 1.92. The van der Waals surface area contributed by atoms with Crippen molar-refractivity contribution < 1.29 is 0 Å². The first-order chi connectivity index (χ1) is 11.3. The third-order valence-corrected chi connectivity index (χ3v) is 5.40. The Bertz CT molecular complexity index is 783. The van der Waals surface area contributed by atoms with Crippen LogP contribution in [0.25, 0.3) is 15.5 Å². The lowest BCUT2D eigenvalue weighted by Crippen LogP contribution is -2.31. The third-order valence-electron chi connectivity index (χ3n) is 4.45. The topological polar surface area (TPSA) is 46.3 Å². The van der Waals surface area contributed by atoms with E-state index in [1.54, 1.807) is 11.3 Å². The zero-order chi connectivity index (χ0) is 15.6. The summed E-state index contributed by atoms with van der Waals surface area (Å²) in [5.74, 6) is 0.972. The van der Waals surface area contributed by atoms with E-state index < -0.39 is 0 Å². The van der Waals surface area contributed by atoms with Crippen LogP contribution >= 0.6 is 11.3 Å². The number of nitrogens with zero attached hydrogens (tertiary/aromatic N) is 5. The number of aryl methyl sites for hydroxylation is 1. The molecule has 0 aliphatic carbocycles. The molecule has 3 heterocycles. The van der Waals surface area contributed by atoms with Gasteiger partial charge in [-0.2, -0.15) is 9.61 Å². The van der Waals surface area contributed by atoms with Crippen LogP contribution in [-0.2, 0) is 6.42 Å². The second-order valence-corrected chi connectivity index (χ2v) is 7.19. The maximum atomic E-state index is 4.73. The summed E-state index contributed by atoms with van der Waals surface area (Å²) in [4.78, 5) is 3.41. The molecule has 4 rings (SSSR count). The first-order valence-corrected chi connectivity index (χ1v) is 9.12. The minimum Gasteiger partial charge on any atom is -0.303 e. The van der Waals surface area contributed by atoms with Gasteiger partial charge in [-0.05, 0) is 32.9 Å². The van der Waals surface area contributed by atoms with Gasteiger partial charge in [0.15, 0.2) is 5.82 Å².